The predicted molar refractivity (Wildman–Crippen MR) is 79.0 cm³/mol. The van der Waals surface area contributed by atoms with Gasteiger partial charge in [0.05, 0.1) is 19.4 Å². The molecule has 1 atom stereocenters. The number of ether oxygens (including phenoxy) is 1. The molecule has 1 heterocycles. The van der Waals surface area contributed by atoms with E-state index >= 15 is 0 Å². The molecule has 1 unspecified atom stereocenters. The van der Waals surface area contributed by atoms with Gasteiger partial charge < -0.3 is 14.5 Å². The first-order chi connectivity index (χ1) is 8.92. The second kappa shape index (κ2) is 7.71. The smallest absolute Gasteiger partial charge is 0.123 e. The van der Waals surface area contributed by atoms with Crippen LogP contribution in [0.25, 0.3) is 0 Å². The lowest BCUT2D eigenvalue weighted by Crippen LogP contribution is -2.35. The minimum atomic E-state index is 0.0978. The average Bonchev–Trinajstić information content (AvgIpc) is 2.73. The van der Waals surface area contributed by atoms with E-state index in [2.05, 4.69) is 39.9 Å². The van der Waals surface area contributed by atoms with Gasteiger partial charge >= 0.3 is 0 Å². The van der Waals surface area contributed by atoms with Gasteiger partial charge in [0.2, 0.25) is 0 Å². The van der Waals surface area contributed by atoms with Gasteiger partial charge in [0.1, 0.15) is 5.76 Å². The summed E-state index contributed by atoms with van der Waals surface area (Å²) >= 11 is 0. The highest BCUT2D eigenvalue weighted by molar-refractivity contribution is 5.16. The lowest BCUT2D eigenvalue weighted by molar-refractivity contribution is 0.0882. The minimum Gasteiger partial charge on any atom is -0.468 e. The summed E-state index contributed by atoms with van der Waals surface area (Å²) in [6.45, 7) is 13.1. The Morgan fingerprint density at radius 1 is 1.37 bits per heavy atom. The molecule has 0 amide bonds. The van der Waals surface area contributed by atoms with E-state index in [-0.39, 0.29) is 5.54 Å². The fourth-order valence-electron chi connectivity index (χ4n) is 1.94. The Morgan fingerprint density at radius 2 is 2.11 bits per heavy atom. The van der Waals surface area contributed by atoms with Gasteiger partial charge in [-0.3, -0.25) is 0 Å². The summed E-state index contributed by atoms with van der Waals surface area (Å²) in [4.78, 5) is 0. The average molecular weight is 267 g/mol. The van der Waals surface area contributed by atoms with Crippen LogP contribution >= 0.6 is 0 Å². The first-order valence-electron chi connectivity index (χ1n) is 7.30. The summed E-state index contributed by atoms with van der Waals surface area (Å²) in [5.41, 5.74) is 1.25. The van der Waals surface area contributed by atoms with Crippen molar-refractivity contribution in [2.24, 2.45) is 5.92 Å². The Kier molecular flexibility index (Phi) is 6.59. The van der Waals surface area contributed by atoms with Crippen molar-refractivity contribution in [1.82, 2.24) is 5.32 Å². The Morgan fingerprint density at radius 3 is 2.74 bits per heavy atom. The molecule has 1 aromatic rings. The van der Waals surface area contributed by atoms with Gasteiger partial charge in [0.15, 0.2) is 0 Å². The van der Waals surface area contributed by atoms with Crippen LogP contribution in [0.4, 0.5) is 0 Å². The van der Waals surface area contributed by atoms with Crippen molar-refractivity contribution in [2.45, 2.75) is 66.2 Å². The van der Waals surface area contributed by atoms with Crippen molar-refractivity contribution in [3.8, 4) is 0 Å². The molecule has 0 bridgehead atoms. The summed E-state index contributed by atoms with van der Waals surface area (Å²) in [5, 5.41) is 3.43. The molecule has 1 aromatic heterocycles. The van der Waals surface area contributed by atoms with Crippen LogP contribution in [0, 0.1) is 5.92 Å². The minimum absolute atomic E-state index is 0.0978. The molecule has 0 aliphatic heterocycles. The molecule has 1 N–H and O–H groups in total. The van der Waals surface area contributed by atoms with Crippen LogP contribution in [0.5, 0.6) is 0 Å². The Bertz CT molecular complexity index is 352. The summed E-state index contributed by atoms with van der Waals surface area (Å²) < 4.78 is 11.3. The van der Waals surface area contributed by atoms with Crippen LogP contribution in [-0.2, 0) is 17.9 Å². The third-order valence-corrected chi connectivity index (χ3v) is 3.06. The zero-order valence-corrected chi connectivity index (χ0v) is 13.1. The molecular formula is C16H29NO2. The van der Waals surface area contributed by atoms with Crippen molar-refractivity contribution >= 4 is 0 Å². The van der Waals surface area contributed by atoms with E-state index in [4.69, 9.17) is 9.15 Å². The molecule has 3 nitrogen and oxygen atoms in total. The second-order valence-corrected chi connectivity index (χ2v) is 6.38. The fourth-order valence-corrected chi connectivity index (χ4v) is 1.94. The maximum atomic E-state index is 5.78. The number of rotatable bonds is 8. The normalized spacial score (nSPS) is 13.7. The van der Waals surface area contributed by atoms with Gasteiger partial charge in [-0.2, -0.15) is 0 Å². The maximum Gasteiger partial charge on any atom is 0.123 e. The van der Waals surface area contributed by atoms with Crippen LogP contribution in [0.3, 0.4) is 0 Å². The molecule has 3 heteroatoms. The first kappa shape index (κ1) is 16.3. The molecule has 110 valence electrons. The Hall–Kier alpha value is -0.800. The fraction of sp³-hybridized carbons (Fsp3) is 0.750. The third kappa shape index (κ3) is 6.79. The van der Waals surface area contributed by atoms with Crippen molar-refractivity contribution in [3.63, 3.8) is 0 Å². The van der Waals surface area contributed by atoms with Gasteiger partial charge in [-0.15, -0.1) is 0 Å². The Labute approximate surface area is 117 Å². The molecule has 0 aliphatic carbocycles. The van der Waals surface area contributed by atoms with Crippen molar-refractivity contribution in [3.05, 3.63) is 23.7 Å². The number of hydrogen-bond acceptors (Lipinski definition) is 3. The zero-order chi connectivity index (χ0) is 14.3. The molecule has 0 saturated carbocycles. The molecule has 1 rings (SSSR count). The lowest BCUT2D eigenvalue weighted by Gasteiger charge is -2.20. The Balaban J connectivity index is 2.36. The third-order valence-electron chi connectivity index (χ3n) is 3.06. The molecule has 19 heavy (non-hydrogen) atoms. The van der Waals surface area contributed by atoms with Crippen molar-refractivity contribution in [2.75, 3.05) is 6.61 Å². The van der Waals surface area contributed by atoms with Crippen LogP contribution in [-0.4, -0.2) is 12.1 Å². The van der Waals surface area contributed by atoms with Crippen LogP contribution in [0.15, 0.2) is 16.7 Å². The standard InChI is InChI=1S/C16H29NO2/c1-6-7-13(2)11-18-12-14-8-9-19-15(14)10-17-16(3,4)5/h8-9,13,17H,6-7,10-12H2,1-5H3. The van der Waals surface area contributed by atoms with Crippen LogP contribution in [0.2, 0.25) is 0 Å². The first-order valence-corrected chi connectivity index (χ1v) is 7.30. The molecular weight excluding hydrogens is 238 g/mol. The van der Waals surface area contributed by atoms with E-state index < -0.39 is 0 Å². The van der Waals surface area contributed by atoms with Crippen LogP contribution < -0.4 is 5.32 Å². The molecule has 0 fully saturated rings. The SMILES string of the molecule is CCCC(C)COCc1ccoc1CNC(C)(C)C. The van der Waals surface area contributed by atoms with E-state index in [0.717, 1.165) is 24.5 Å². The summed E-state index contributed by atoms with van der Waals surface area (Å²) in [5.74, 6) is 1.62. The number of furan rings is 1. The molecule has 0 aliphatic rings. The predicted octanol–water partition coefficient (Wildman–Crippen LogP) is 4.12. The molecule has 0 radical (unpaired) electrons. The largest absolute Gasteiger partial charge is 0.468 e. The van der Waals surface area contributed by atoms with Gasteiger partial charge in [-0.25, -0.2) is 0 Å². The van der Waals surface area contributed by atoms with Crippen molar-refractivity contribution in [1.29, 1.82) is 0 Å². The van der Waals surface area contributed by atoms with E-state index in [0.29, 0.717) is 12.5 Å². The van der Waals surface area contributed by atoms with Gasteiger partial charge in [0, 0.05) is 17.7 Å². The molecule has 0 saturated heterocycles. The van der Waals surface area contributed by atoms with Gasteiger partial charge in [-0.05, 0) is 39.2 Å². The molecule has 0 spiro atoms. The van der Waals surface area contributed by atoms with E-state index in [1.165, 1.54) is 12.8 Å². The number of nitrogens with one attached hydrogen (secondary N) is 1. The summed E-state index contributed by atoms with van der Waals surface area (Å²) in [6, 6.07) is 2.00. The van der Waals surface area contributed by atoms with Crippen LogP contribution in [0.1, 0.15) is 58.8 Å². The number of hydrogen-bond donors (Lipinski definition) is 1. The molecule has 0 aromatic carbocycles. The highest BCUT2D eigenvalue weighted by atomic mass is 16.5. The summed E-state index contributed by atoms with van der Waals surface area (Å²) in [6.07, 6.45) is 4.19. The lowest BCUT2D eigenvalue weighted by atomic mass is 10.1. The second-order valence-electron chi connectivity index (χ2n) is 6.38. The van der Waals surface area contributed by atoms with Gasteiger partial charge in [-0.1, -0.05) is 20.3 Å². The highest BCUT2D eigenvalue weighted by Crippen LogP contribution is 2.14. The van der Waals surface area contributed by atoms with Gasteiger partial charge in [0.25, 0.3) is 0 Å². The van der Waals surface area contributed by atoms with Crippen molar-refractivity contribution < 1.29 is 9.15 Å². The summed E-state index contributed by atoms with van der Waals surface area (Å²) in [7, 11) is 0. The topological polar surface area (TPSA) is 34.4 Å². The maximum absolute atomic E-state index is 5.78. The quantitative estimate of drug-likeness (QED) is 0.769. The van der Waals surface area contributed by atoms with E-state index in [1.54, 1.807) is 6.26 Å². The highest BCUT2D eigenvalue weighted by Gasteiger charge is 2.12. The zero-order valence-electron chi connectivity index (χ0n) is 13.1. The van der Waals surface area contributed by atoms with E-state index in [1.807, 2.05) is 6.07 Å². The van der Waals surface area contributed by atoms with E-state index in [9.17, 15) is 0 Å². The monoisotopic (exact) mass is 267 g/mol.